The van der Waals surface area contributed by atoms with E-state index >= 15 is 0 Å². The van der Waals surface area contributed by atoms with Crippen molar-refractivity contribution in [1.82, 2.24) is 9.55 Å². The number of aromatic nitrogens is 2. The van der Waals surface area contributed by atoms with E-state index in [1.54, 1.807) is 17.4 Å². The maximum absolute atomic E-state index is 13.8. The van der Waals surface area contributed by atoms with Crippen molar-refractivity contribution >= 4 is 28.3 Å². The van der Waals surface area contributed by atoms with Crippen molar-refractivity contribution in [2.45, 2.75) is 19.4 Å². The second kappa shape index (κ2) is 4.66. The number of hydrogen-bond acceptors (Lipinski definition) is 3. The van der Waals surface area contributed by atoms with E-state index in [9.17, 15) is 4.39 Å². The van der Waals surface area contributed by atoms with Crippen LogP contribution in [0.25, 0.3) is 11.0 Å². The Morgan fingerprint density at radius 2 is 2.21 bits per heavy atom. The minimum atomic E-state index is -0.330. The molecular formula is C14H14FN3S. The average Bonchev–Trinajstić information content (AvgIpc) is 3.01. The first-order valence-electron chi connectivity index (χ1n) is 6.17. The van der Waals surface area contributed by atoms with Gasteiger partial charge in [0, 0.05) is 4.88 Å². The monoisotopic (exact) mass is 275 g/mol. The van der Waals surface area contributed by atoms with Crippen LogP contribution in [0.5, 0.6) is 0 Å². The first kappa shape index (κ1) is 12.2. The molecule has 0 bridgehead atoms. The lowest BCUT2D eigenvalue weighted by molar-refractivity contribution is 0.598. The van der Waals surface area contributed by atoms with E-state index in [2.05, 4.69) is 18.0 Å². The second-order valence-corrected chi connectivity index (χ2v) is 5.37. The van der Waals surface area contributed by atoms with Gasteiger partial charge in [0.15, 0.2) is 5.82 Å². The maximum atomic E-state index is 13.8. The van der Waals surface area contributed by atoms with Gasteiger partial charge in [-0.1, -0.05) is 19.1 Å². The quantitative estimate of drug-likeness (QED) is 0.789. The SMILES string of the molecule is CCC(c1cccs1)n1c(N)nc2c(F)cccc21. The van der Waals surface area contributed by atoms with Gasteiger partial charge in [0.2, 0.25) is 5.95 Å². The first-order chi connectivity index (χ1) is 9.22. The number of rotatable bonds is 3. The predicted octanol–water partition coefficient (Wildman–Crippen LogP) is 3.82. The Morgan fingerprint density at radius 3 is 2.89 bits per heavy atom. The van der Waals surface area contributed by atoms with E-state index in [4.69, 9.17) is 5.73 Å². The molecule has 0 amide bonds. The third kappa shape index (κ3) is 1.90. The second-order valence-electron chi connectivity index (χ2n) is 4.39. The predicted molar refractivity (Wildman–Crippen MR) is 76.9 cm³/mol. The summed E-state index contributed by atoms with van der Waals surface area (Å²) in [6.07, 6.45) is 0.882. The van der Waals surface area contributed by atoms with Crippen molar-refractivity contribution < 1.29 is 4.39 Å². The molecule has 0 spiro atoms. The molecule has 19 heavy (non-hydrogen) atoms. The molecule has 98 valence electrons. The van der Waals surface area contributed by atoms with Gasteiger partial charge in [0.05, 0.1) is 11.6 Å². The van der Waals surface area contributed by atoms with Gasteiger partial charge in [-0.3, -0.25) is 0 Å². The summed E-state index contributed by atoms with van der Waals surface area (Å²) >= 11 is 1.68. The topological polar surface area (TPSA) is 43.8 Å². The molecule has 3 aromatic rings. The van der Waals surface area contributed by atoms with Crippen LogP contribution in [-0.2, 0) is 0 Å². The smallest absolute Gasteiger partial charge is 0.201 e. The fraction of sp³-hybridized carbons (Fsp3) is 0.214. The van der Waals surface area contributed by atoms with Gasteiger partial charge in [-0.15, -0.1) is 11.3 Å². The van der Waals surface area contributed by atoms with Gasteiger partial charge in [0.25, 0.3) is 0 Å². The molecule has 1 atom stereocenters. The fourth-order valence-electron chi connectivity index (χ4n) is 2.42. The van der Waals surface area contributed by atoms with E-state index in [0.717, 1.165) is 11.9 Å². The van der Waals surface area contributed by atoms with Gasteiger partial charge in [-0.25, -0.2) is 9.37 Å². The number of thiophene rings is 1. The molecular weight excluding hydrogens is 261 g/mol. The number of benzene rings is 1. The summed E-state index contributed by atoms with van der Waals surface area (Å²) in [4.78, 5) is 5.37. The Labute approximate surface area is 114 Å². The average molecular weight is 275 g/mol. The Bertz CT molecular complexity index is 703. The summed E-state index contributed by atoms with van der Waals surface area (Å²) in [5.74, 6) is 0.0318. The van der Waals surface area contributed by atoms with Gasteiger partial charge >= 0.3 is 0 Å². The number of nitrogen functional groups attached to an aromatic ring is 1. The zero-order chi connectivity index (χ0) is 13.4. The molecule has 3 nitrogen and oxygen atoms in total. The molecule has 0 fully saturated rings. The number of nitrogens with two attached hydrogens (primary N) is 1. The molecule has 0 aliphatic heterocycles. The number of hydrogen-bond donors (Lipinski definition) is 1. The zero-order valence-corrected chi connectivity index (χ0v) is 11.3. The molecule has 1 unspecified atom stereocenters. The molecule has 0 saturated heterocycles. The molecule has 0 aliphatic rings. The highest BCUT2D eigenvalue weighted by atomic mass is 32.1. The molecule has 2 heterocycles. The lowest BCUT2D eigenvalue weighted by atomic mass is 10.1. The minimum absolute atomic E-state index is 0.104. The summed E-state index contributed by atoms with van der Waals surface area (Å²) in [7, 11) is 0. The molecule has 3 rings (SSSR count). The molecule has 0 aliphatic carbocycles. The largest absolute Gasteiger partial charge is 0.369 e. The molecule has 1 aromatic carbocycles. The zero-order valence-electron chi connectivity index (χ0n) is 10.5. The Kier molecular flexibility index (Phi) is 2.98. The summed E-state index contributed by atoms with van der Waals surface area (Å²) in [6, 6.07) is 9.15. The van der Waals surface area contributed by atoms with Crippen LogP contribution in [0.2, 0.25) is 0 Å². The van der Waals surface area contributed by atoms with E-state index in [1.807, 2.05) is 22.1 Å². The number of halogens is 1. The number of anilines is 1. The Balaban J connectivity index is 2.24. The molecule has 2 N–H and O–H groups in total. The third-order valence-corrected chi connectivity index (χ3v) is 4.24. The highest BCUT2D eigenvalue weighted by molar-refractivity contribution is 7.10. The van der Waals surface area contributed by atoms with E-state index in [-0.39, 0.29) is 11.9 Å². The van der Waals surface area contributed by atoms with Gasteiger partial charge < -0.3 is 10.3 Å². The van der Waals surface area contributed by atoms with Crippen LogP contribution in [0.1, 0.15) is 24.3 Å². The highest BCUT2D eigenvalue weighted by Crippen LogP contribution is 2.32. The number of nitrogens with zero attached hydrogens (tertiary/aromatic N) is 2. The lowest BCUT2D eigenvalue weighted by Gasteiger charge is -2.17. The van der Waals surface area contributed by atoms with Gasteiger partial charge in [0.1, 0.15) is 5.52 Å². The van der Waals surface area contributed by atoms with Crippen molar-refractivity contribution in [1.29, 1.82) is 0 Å². The van der Waals surface area contributed by atoms with Crippen LogP contribution in [-0.4, -0.2) is 9.55 Å². The van der Waals surface area contributed by atoms with Crippen molar-refractivity contribution in [3.63, 3.8) is 0 Å². The number of imidazole rings is 1. The maximum Gasteiger partial charge on any atom is 0.201 e. The van der Waals surface area contributed by atoms with Crippen LogP contribution in [0.3, 0.4) is 0 Å². The highest BCUT2D eigenvalue weighted by Gasteiger charge is 2.20. The molecule has 0 saturated carbocycles. The molecule has 2 aromatic heterocycles. The fourth-order valence-corrected chi connectivity index (χ4v) is 3.32. The Hall–Kier alpha value is -1.88. The first-order valence-corrected chi connectivity index (χ1v) is 7.05. The minimum Gasteiger partial charge on any atom is -0.369 e. The number of para-hydroxylation sites is 1. The Morgan fingerprint density at radius 1 is 1.37 bits per heavy atom. The number of fused-ring (bicyclic) bond motifs is 1. The molecule has 0 radical (unpaired) electrons. The summed E-state index contributed by atoms with van der Waals surface area (Å²) in [5, 5.41) is 2.04. The summed E-state index contributed by atoms with van der Waals surface area (Å²) in [6.45, 7) is 2.09. The van der Waals surface area contributed by atoms with E-state index in [1.165, 1.54) is 10.9 Å². The summed E-state index contributed by atoms with van der Waals surface area (Å²) in [5.41, 5.74) is 7.09. The van der Waals surface area contributed by atoms with Crippen LogP contribution in [0.4, 0.5) is 10.3 Å². The van der Waals surface area contributed by atoms with Crippen molar-refractivity contribution in [2.24, 2.45) is 0 Å². The van der Waals surface area contributed by atoms with Crippen molar-refractivity contribution in [2.75, 3.05) is 5.73 Å². The van der Waals surface area contributed by atoms with Crippen molar-refractivity contribution in [3.8, 4) is 0 Å². The summed E-state index contributed by atoms with van der Waals surface area (Å²) < 4.78 is 15.7. The van der Waals surface area contributed by atoms with E-state index < -0.39 is 0 Å². The normalized spacial score (nSPS) is 12.9. The third-order valence-electron chi connectivity index (χ3n) is 3.27. The van der Waals surface area contributed by atoms with Crippen molar-refractivity contribution in [3.05, 3.63) is 46.4 Å². The standard InChI is InChI=1S/C14H14FN3S/c1-2-10(12-7-4-8-19-12)18-11-6-3-5-9(15)13(11)17-14(18)16/h3-8,10H,2H2,1H3,(H2,16,17). The van der Waals surface area contributed by atoms with Crippen LogP contribution in [0.15, 0.2) is 35.7 Å². The lowest BCUT2D eigenvalue weighted by Crippen LogP contribution is -2.11. The van der Waals surface area contributed by atoms with E-state index in [0.29, 0.717) is 11.5 Å². The van der Waals surface area contributed by atoms with Crippen LogP contribution < -0.4 is 5.73 Å². The van der Waals surface area contributed by atoms with Crippen LogP contribution in [0, 0.1) is 5.82 Å². The van der Waals surface area contributed by atoms with Crippen LogP contribution >= 0.6 is 11.3 Å². The van der Waals surface area contributed by atoms with Gasteiger partial charge in [-0.2, -0.15) is 0 Å². The molecule has 5 heteroatoms. The van der Waals surface area contributed by atoms with Gasteiger partial charge in [-0.05, 0) is 30.0 Å².